The number of aliphatic carboxylic acids is 1. The summed E-state index contributed by atoms with van der Waals surface area (Å²) >= 11 is 0. The number of amides is 1. The van der Waals surface area contributed by atoms with Crippen LogP contribution in [-0.2, 0) is 11.8 Å². The Bertz CT molecular complexity index is 437. The van der Waals surface area contributed by atoms with Crippen LogP contribution >= 0.6 is 0 Å². The molecule has 0 radical (unpaired) electrons. The molecule has 0 spiro atoms. The summed E-state index contributed by atoms with van der Waals surface area (Å²) in [5, 5.41) is 15.4. The highest BCUT2D eigenvalue weighted by atomic mass is 16.4. The summed E-state index contributed by atoms with van der Waals surface area (Å²) in [4.78, 5) is 22.8. The van der Waals surface area contributed by atoms with Gasteiger partial charge in [-0.3, -0.25) is 9.48 Å². The average molecular weight is 237 g/mol. The fourth-order valence-electron chi connectivity index (χ4n) is 1.74. The van der Waals surface area contributed by atoms with E-state index in [1.165, 1.54) is 10.9 Å². The van der Waals surface area contributed by atoms with Crippen molar-refractivity contribution >= 4 is 11.9 Å². The zero-order chi connectivity index (χ0) is 12.4. The average Bonchev–Trinajstić information content (AvgIpc) is 2.97. The molecular formula is C11H15N3O3. The standard InChI is InChI=1S/C11H15N3O3/c1-14-9(4-5-12-14)10(15)13-8(11(16)17)6-7-2-3-7/h4-5,7-8H,2-3,6H2,1H3,(H,13,15)(H,16,17). The first-order valence-electron chi connectivity index (χ1n) is 5.59. The minimum atomic E-state index is -0.979. The topological polar surface area (TPSA) is 84.2 Å². The Morgan fingerprint density at radius 2 is 2.35 bits per heavy atom. The molecule has 1 aromatic heterocycles. The molecule has 6 nitrogen and oxygen atoms in total. The van der Waals surface area contributed by atoms with Crippen molar-refractivity contribution in [3.05, 3.63) is 18.0 Å². The van der Waals surface area contributed by atoms with Crippen molar-refractivity contribution in [2.24, 2.45) is 13.0 Å². The van der Waals surface area contributed by atoms with Gasteiger partial charge in [0.1, 0.15) is 11.7 Å². The van der Waals surface area contributed by atoms with Gasteiger partial charge < -0.3 is 10.4 Å². The molecule has 1 aliphatic carbocycles. The van der Waals surface area contributed by atoms with Gasteiger partial charge >= 0.3 is 5.97 Å². The van der Waals surface area contributed by atoms with E-state index in [2.05, 4.69) is 10.4 Å². The predicted molar refractivity (Wildman–Crippen MR) is 59.4 cm³/mol. The molecule has 0 saturated heterocycles. The molecule has 1 unspecified atom stereocenters. The molecule has 1 heterocycles. The molecule has 17 heavy (non-hydrogen) atoms. The van der Waals surface area contributed by atoms with Crippen molar-refractivity contribution in [3.8, 4) is 0 Å². The van der Waals surface area contributed by atoms with Crippen LogP contribution in [0.5, 0.6) is 0 Å². The molecule has 1 saturated carbocycles. The van der Waals surface area contributed by atoms with Gasteiger partial charge in [-0.05, 0) is 18.4 Å². The summed E-state index contributed by atoms with van der Waals surface area (Å²) in [6, 6.07) is 0.760. The number of nitrogens with one attached hydrogen (secondary N) is 1. The van der Waals surface area contributed by atoms with Crippen molar-refractivity contribution in [1.82, 2.24) is 15.1 Å². The number of carboxylic acids is 1. The summed E-state index contributed by atoms with van der Waals surface area (Å²) < 4.78 is 1.42. The second kappa shape index (κ2) is 4.57. The van der Waals surface area contributed by atoms with Crippen molar-refractivity contribution in [3.63, 3.8) is 0 Å². The second-order valence-corrected chi connectivity index (χ2v) is 4.38. The largest absolute Gasteiger partial charge is 0.480 e. The van der Waals surface area contributed by atoms with E-state index < -0.39 is 17.9 Å². The van der Waals surface area contributed by atoms with E-state index in [1.54, 1.807) is 13.1 Å². The van der Waals surface area contributed by atoms with E-state index in [9.17, 15) is 9.59 Å². The number of carbonyl (C=O) groups excluding carboxylic acids is 1. The van der Waals surface area contributed by atoms with E-state index >= 15 is 0 Å². The SMILES string of the molecule is Cn1nccc1C(=O)NC(CC1CC1)C(=O)O. The number of carbonyl (C=O) groups is 2. The smallest absolute Gasteiger partial charge is 0.326 e. The zero-order valence-corrected chi connectivity index (χ0v) is 9.59. The Labute approximate surface area is 98.6 Å². The van der Waals surface area contributed by atoms with Crippen LogP contribution in [0.15, 0.2) is 12.3 Å². The van der Waals surface area contributed by atoms with Crippen LogP contribution in [-0.4, -0.2) is 32.8 Å². The van der Waals surface area contributed by atoms with Gasteiger partial charge in [-0.2, -0.15) is 5.10 Å². The van der Waals surface area contributed by atoms with Crippen LogP contribution in [0.3, 0.4) is 0 Å². The summed E-state index contributed by atoms with van der Waals surface area (Å²) in [7, 11) is 1.64. The molecule has 0 aromatic carbocycles. The Balaban J connectivity index is 1.99. The van der Waals surface area contributed by atoms with Gasteiger partial charge in [0.25, 0.3) is 5.91 Å². The van der Waals surface area contributed by atoms with E-state index in [0.29, 0.717) is 18.0 Å². The fraction of sp³-hybridized carbons (Fsp3) is 0.545. The molecule has 1 aromatic rings. The number of hydrogen-bond donors (Lipinski definition) is 2. The van der Waals surface area contributed by atoms with E-state index in [0.717, 1.165) is 12.8 Å². The van der Waals surface area contributed by atoms with Gasteiger partial charge in [0.15, 0.2) is 0 Å². The summed E-state index contributed by atoms with van der Waals surface area (Å²) in [6.45, 7) is 0. The molecule has 1 amide bonds. The fourth-order valence-corrected chi connectivity index (χ4v) is 1.74. The minimum absolute atomic E-state index is 0.368. The zero-order valence-electron chi connectivity index (χ0n) is 9.59. The Morgan fingerprint density at radius 3 is 2.82 bits per heavy atom. The minimum Gasteiger partial charge on any atom is -0.480 e. The van der Waals surface area contributed by atoms with Crippen molar-refractivity contribution in [2.75, 3.05) is 0 Å². The lowest BCUT2D eigenvalue weighted by Crippen LogP contribution is -2.41. The monoisotopic (exact) mass is 237 g/mol. The maximum absolute atomic E-state index is 11.8. The highest BCUT2D eigenvalue weighted by Crippen LogP contribution is 2.33. The van der Waals surface area contributed by atoms with Gasteiger partial charge in [-0.1, -0.05) is 12.8 Å². The first-order valence-corrected chi connectivity index (χ1v) is 5.59. The van der Waals surface area contributed by atoms with Gasteiger partial charge in [-0.25, -0.2) is 4.79 Å². The lowest BCUT2D eigenvalue weighted by molar-refractivity contribution is -0.139. The second-order valence-electron chi connectivity index (χ2n) is 4.38. The molecule has 1 aliphatic rings. The van der Waals surface area contributed by atoms with Crippen LogP contribution in [0.1, 0.15) is 29.8 Å². The van der Waals surface area contributed by atoms with Crippen LogP contribution in [0.2, 0.25) is 0 Å². The van der Waals surface area contributed by atoms with Crippen LogP contribution in [0.25, 0.3) is 0 Å². The lowest BCUT2D eigenvalue weighted by atomic mass is 10.1. The molecule has 1 fully saturated rings. The number of hydrogen-bond acceptors (Lipinski definition) is 3. The van der Waals surface area contributed by atoms with Crippen LogP contribution < -0.4 is 5.32 Å². The van der Waals surface area contributed by atoms with Crippen molar-refractivity contribution < 1.29 is 14.7 Å². The number of rotatable bonds is 5. The van der Waals surface area contributed by atoms with Crippen molar-refractivity contribution in [2.45, 2.75) is 25.3 Å². The van der Waals surface area contributed by atoms with E-state index in [1.807, 2.05) is 0 Å². The van der Waals surface area contributed by atoms with E-state index in [4.69, 9.17) is 5.11 Å². The third-order valence-corrected chi connectivity index (χ3v) is 2.92. The molecule has 2 rings (SSSR count). The van der Waals surface area contributed by atoms with E-state index in [-0.39, 0.29) is 0 Å². The highest BCUT2D eigenvalue weighted by Gasteiger charge is 2.30. The predicted octanol–water partition coefficient (Wildman–Crippen LogP) is 0.403. The molecule has 2 N–H and O–H groups in total. The van der Waals surface area contributed by atoms with Gasteiger partial charge in [0.2, 0.25) is 0 Å². The normalized spacial score (nSPS) is 16.5. The number of aryl methyl sites for hydroxylation is 1. The molecule has 0 aliphatic heterocycles. The third-order valence-electron chi connectivity index (χ3n) is 2.92. The molecule has 1 atom stereocenters. The maximum Gasteiger partial charge on any atom is 0.326 e. The summed E-state index contributed by atoms with van der Waals surface area (Å²) in [5.74, 6) is -0.923. The van der Waals surface area contributed by atoms with Gasteiger partial charge in [-0.15, -0.1) is 0 Å². The van der Waals surface area contributed by atoms with Crippen LogP contribution in [0, 0.1) is 5.92 Å². The first-order chi connectivity index (χ1) is 8.08. The van der Waals surface area contributed by atoms with Crippen molar-refractivity contribution in [1.29, 1.82) is 0 Å². The van der Waals surface area contributed by atoms with Gasteiger partial charge in [0.05, 0.1) is 0 Å². The molecule has 0 bridgehead atoms. The molecule has 92 valence electrons. The summed E-state index contributed by atoms with van der Waals surface area (Å²) in [5.41, 5.74) is 0.368. The Kier molecular flexibility index (Phi) is 3.12. The first kappa shape index (κ1) is 11.6. The lowest BCUT2D eigenvalue weighted by Gasteiger charge is -2.13. The highest BCUT2D eigenvalue weighted by molar-refractivity contribution is 5.95. The Morgan fingerprint density at radius 1 is 1.65 bits per heavy atom. The number of aromatic nitrogens is 2. The number of nitrogens with zero attached hydrogens (tertiary/aromatic N) is 2. The van der Waals surface area contributed by atoms with Gasteiger partial charge in [0, 0.05) is 13.2 Å². The maximum atomic E-state index is 11.8. The molecular weight excluding hydrogens is 222 g/mol. The third kappa shape index (κ3) is 2.83. The molecule has 6 heteroatoms. The van der Waals surface area contributed by atoms with Crippen LogP contribution in [0.4, 0.5) is 0 Å². The summed E-state index contributed by atoms with van der Waals surface area (Å²) in [6.07, 6.45) is 4.14. The quantitative estimate of drug-likeness (QED) is 0.776. The number of carboxylic acid groups (broad SMARTS) is 1. The Hall–Kier alpha value is -1.85.